The third kappa shape index (κ3) is 5.72. The molecule has 1 aliphatic rings. The maximum atomic E-state index is 12.4. The SMILES string of the molecule is CCOc1ccc(C(=O)NCc2ccc(CN3CCCCC3)cc2)cc1Cl. The fourth-order valence-electron chi connectivity index (χ4n) is 3.34. The fraction of sp³-hybridized carbons (Fsp3) is 0.409. The Hall–Kier alpha value is -2.04. The highest BCUT2D eigenvalue weighted by Gasteiger charge is 2.11. The van der Waals surface area contributed by atoms with Gasteiger partial charge in [0.05, 0.1) is 11.6 Å². The van der Waals surface area contributed by atoms with Crippen LogP contribution >= 0.6 is 11.6 Å². The number of hydrogen-bond acceptors (Lipinski definition) is 3. The van der Waals surface area contributed by atoms with Crippen molar-refractivity contribution >= 4 is 17.5 Å². The van der Waals surface area contributed by atoms with E-state index in [2.05, 4.69) is 34.5 Å². The third-order valence-electron chi connectivity index (χ3n) is 4.82. The van der Waals surface area contributed by atoms with Crippen molar-refractivity contribution in [3.8, 4) is 5.75 Å². The number of piperidine rings is 1. The normalized spacial score (nSPS) is 14.7. The molecule has 1 fully saturated rings. The van der Waals surface area contributed by atoms with Gasteiger partial charge in [-0.1, -0.05) is 42.3 Å². The van der Waals surface area contributed by atoms with Gasteiger partial charge in [-0.3, -0.25) is 9.69 Å². The standard InChI is InChI=1S/C22H27ClN2O2/c1-2-27-21-11-10-19(14-20(21)23)22(26)24-15-17-6-8-18(9-7-17)16-25-12-4-3-5-13-25/h6-11,14H,2-5,12-13,15-16H2,1H3,(H,24,26). The monoisotopic (exact) mass is 386 g/mol. The zero-order chi connectivity index (χ0) is 19.1. The molecule has 0 unspecified atom stereocenters. The number of rotatable bonds is 7. The first-order chi connectivity index (χ1) is 13.2. The van der Waals surface area contributed by atoms with E-state index in [1.165, 1.54) is 37.9 Å². The summed E-state index contributed by atoms with van der Waals surface area (Å²) >= 11 is 6.16. The Labute approximate surface area is 166 Å². The number of nitrogens with zero attached hydrogens (tertiary/aromatic N) is 1. The summed E-state index contributed by atoms with van der Waals surface area (Å²) in [5.41, 5.74) is 2.94. The largest absolute Gasteiger partial charge is 0.492 e. The first-order valence-corrected chi connectivity index (χ1v) is 10.0. The number of benzene rings is 2. The minimum Gasteiger partial charge on any atom is -0.492 e. The Morgan fingerprint density at radius 1 is 1.07 bits per heavy atom. The molecular formula is C22H27ClN2O2. The lowest BCUT2D eigenvalue weighted by Crippen LogP contribution is -2.29. The first-order valence-electron chi connectivity index (χ1n) is 9.66. The van der Waals surface area contributed by atoms with Crippen LogP contribution in [0.15, 0.2) is 42.5 Å². The molecule has 1 heterocycles. The lowest BCUT2D eigenvalue weighted by atomic mass is 10.1. The van der Waals surface area contributed by atoms with E-state index in [1.54, 1.807) is 18.2 Å². The molecule has 0 aromatic heterocycles. The van der Waals surface area contributed by atoms with Crippen molar-refractivity contribution in [2.24, 2.45) is 0 Å². The van der Waals surface area contributed by atoms with Crippen LogP contribution in [0.1, 0.15) is 47.7 Å². The van der Waals surface area contributed by atoms with Gasteiger partial charge >= 0.3 is 0 Å². The quantitative estimate of drug-likeness (QED) is 0.752. The molecule has 144 valence electrons. The number of ether oxygens (including phenoxy) is 1. The molecule has 1 aliphatic heterocycles. The summed E-state index contributed by atoms with van der Waals surface area (Å²) in [6, 6.07) is 13.6. The van der Waals surface area contributed by atoms with E-state index in [0.29, 0.717) is 29.5 Å². The molecule has 1 saturated heterocycles. The Bertz CT molecular complexity index is 755. The second-order valence-electron chi connectivity index (χ2n) is 6.91. The van der Waals surface area contributed by atoms with E-state index < -0.39 is 0 Å². The summed E-state index contributed by atoms with van der Waals surface area (Å²) in [6.45, 7) is 6.34. The molecule has 0 bridgehead atoms. The van der Waals surface area contributed by atoms with Gasteiger partial charge in [0.2, 0.25) is 0 Å². The number of halogens is 1. The molecule has 2 aromatic rings. The highest BCUT2D eigenvalue weighted by Crippen LogP contribution is 2.25. The van der Waals surface area contributed by atoms with Gasteiger partial charge < -0.3 is 10.1 Å². The van der Waals surface area contributed by atoms with Gasteiger partial charge in [0, 0.05) is 18.7 Å². The predicted octanol–water partition coefficient (Wildman–Crippen LogP) is 4.65. The fourth-order valence-corrected chi connectivity index (χ4v) is 3.57. The van der Waals surface area contributed by atoms with Crippen LogP contribution in [0.4, 0.5) is 0 Å². The molecule has 2 aromatic carbocycles. The van der Waals surface area contributed by atoms with Crippen molar-refractivity contribution in [3.63, 3.8) is 0 Å². The third-order valence-corrected chi connectivity index (χ3v) is 5.12. The van der Waals surface area contributed by atoms with Crippen molar-refractivity contribution in [3.05, 3.63) is 64.2 Å². The van der Waals surface area contributed by atoms with Crippen LogP contribution in [0.25, 0.3) is 0 Å². The molecule has 27 heavy (non-hydrogen) atoms. The first kappa shape index (κ1) is 19.7. The van der Waals surface area contributed by atoms with E-state index >= 15 is 0 Å². The maximum absolute atomic E-state index is 12.4. The lowest BCUT2D eigenvalue weighted by Gasteiger charge is -2.26. The van der Waals surface area contributed by atoms with Crippen molar-refractivity contribution in [1.29, 1.82) is 0 Å². The van der Waals surface area contributed by atoms with Crippen LogP contribution in [-0.2, 0) is 13.1 Å². The Balaban J connectivity index is 1.51. The van der Waals surface area contributed by atoms with Gasteiger partial charge in [0.15, 0.2) is 0 Å². The number of hydrogen-bond donors (Lipinski definition) is 1. The van der Waals surface area contributed by atoms with Crippen molar-refractivity contribution in [2.45, 2.75) is 39.3 Å². The van der Waals surface area contributed by atoms with Gasteiger partial charge in [-0.05, 0) is 62.2 Å². The molecule has 0 atom stereocenters. The van der Waals surface area contributed by atoms with Gasteiger partial charge in [-0.2, -0.15) is 0 Å². The second-order valence-corrected chi connectivity index (χ2v) is 7.32. The molecule has 0 saturated carbocycles. The highest BCUT2D eigenvalue weighted by molar-refractivity contribution is 6.32. The van der Waals surface area contributed by atoms with Crippen molar-refractivity contribution in [1.82, 2.24) is 10.2 Å². The van der Waals surface area contributed by atoms with Gasteiger partial charge in [0.1, 0.15) is 5.75 Å². The van der Waals surface area contributed by atoms with Crippen LogP contribution in [0.3, 0.4) is 0 Å². The number of nitrogens with one attached hydrogen (secondary N) is 1. The maximum Gasteiger partial charge on any atom is 0.251 e. The number of carbonyl (C=O) groups is 1. The summed E-state index contributed by atoms with van der Waals surface area (Å²) < 4.78 is 5.40. The van der Waals surface area contributed by atoms with Crippen LogP contribution in [-0.4, -0.2) is 30.5 Å². The smallest absolute Gasteiger partial charge is 0.251 e. The Morgan fingerprint density at radius 3 is 2.44 bits per heavy atom. The van der Waals surface area contributed by atoms with Gasteiger partial charge in [-0.25, -0.2) is 0 Å². The van der Waals surface area contributed by atoms with E-state index in [9.17, 15) is 4.79 Å². The summed E-state index contributed by atoms with van der Waals surface area (Å²) in [5, 5.41) is 3.40. The Morgan fingerprint density at radius 2 is 1.78 bits per heavy atom. The van der Waals surface area contributed by atoms with Crippen LogP contribution < -0.4 is 10.1 Å². The van der Waals surface area contributed by atoms with E-state index in [0.717, 1.165) is 12.1 Å². The molecular weight excluding hydrogens is 360 g/mol. The van der Waals surface area contributed by atoms with Gasteiger partial charge in [0.25, 0.3) is 5.91 Å². The molecule has 0 radical (unpaired) electrons. The molecule has 1 amide bonds. The zero-order valence-corrected chi connectivity index (χ0v) is 16.6. The number of likely N-dealkylation sites (tertiary alicyclic amines) is 1. The summed E-state index contributed by atoms with van der Waals surface area (Å²) in [7, 11) is 0. The minimum atomic E-state index is -0.141. The molecule has 0 aliphatic carbocycles. The summed E-state index contributed by atoms with van der Waals surface area (Å²) in [4.78, 5) is 14.9. The molecule has 5 heteroatoms. The van der Waals surface area contributed by atoms with E-state index in [1.807, 2.05) is 6.92 Å². The highest BCUT2D eigenvalue weighted by atomic mass is 35.5. The van der Waals surface area contributed by atoms with Crippen LogP contribution in [0.2, 0.25) is 5.02 Å². The predicted molar refractivity (Wildman–Crippen MR) is 109 cm³/mol. The number of carbonyl (C=O) groups excluding carboxylic acids is 1. The zero-order valence-electron chi connectivity index (χ0n) is 15.8. The topological polar surface area (TPSA) is 41.6 Å². The molecule has 1 N–H and O–H groups in total. The summed E-state index contributed by atoms with van der Waals surface area (Å²) in [6.07, 6.45) is 3.97. The Kier molecular flexibility index (Phi) is 7.13. The second kappa shape index (κ2) is 9.77. The lowest BCUT2D eigenvalue weighted by molar-refractivity contribution is 0.0951. The van der Waals surface area contributed by atoms with E-state index in [4.69, 9.17) is 16.3 Å². The van der Waals surface area contributed by atoms with E-state index in [-0.39, 0.29) is 5.91 Å². The van der Waals surface area contributed by atoms with Crippen molar-refractivity contribution in [2.75, 3.05) is 19.7 Å². The van der Waals surface area contributed by atoms with Crippen molar-refractivity contribution < 1.29 is 9.53 Å². The van der Waals surface area contributed by atoms with Crippen LogP contribution in [0, 0.1) is 0 Å². The van der Waals surface area contributed by atoms with Crippen LogP contribution in [0.5, 0.6) is 5.75 Å². The molecule has 0 spiro atoms. The average Bonchev–Trinajstić information content (AvgIpc) is 2.70. The van der Waals surface area contributed by atoms with Gasteiger partial charge in [-0.15, -0.1) is 0 Å². The minimum absolute atomic E-state index is 0.141. The molecule has 3 rings (SSSR count). The number of amides is 1. The molecule has 4 nitrogen and oxygen atoms in total. The summed E-state index contributed by atoms with van der Waals surface area (Å²) in [5.74, 6) is 0.456. The average molecular weight is 387 g/mol.